The summed E-state index contributed by atoms with van der Waals surface area (Å²) in [5.41, 5.74) is 1.27. The van der Waals surface area contributed by atoms with Crippen molar-refractivity contribution in [2.24, 2.45) is 0 Å². The first kappa shape index (κ1) is 12.5. The lowest BCUT2D eigenvalue weighted by Gasteiger charge is -2.11. The van der Waals surface area contributed by atoms with Crippen molar-refractivity contribution in [1.82, 2.24) is 5.32 Å². The minimum Gasteiger partial charge on any atom is -0.391 e. The average Bonchev–Trinajstić information content (AvgIpc) is 2.42. The van der Waals surface area contributed by atoms with Gasteiger partial charge in [-0.05, 0) is 29.2 Å². The zero-order chi connectivity index (χ0) is 12.8. The molecule has 2 heteroatoms. The Labute approximate surface area is 108 Å². The Morgan fingerprint density at radius 3 is 2.78 bits per heavy atom. The third kappa shape index (κ3) is 3.03. The van der Waals surface area contributed by atoms with Crippen molar-refractivity contribution in [2.75, 3.05) is 6.54 Å². The number of hydrogen-bond acceptors (Lipinski definition) is 2. The van der Waals surface area contributed by atoms with Crippen molar-refractivity contribution in [3.8, 4) is 12.5 Å². The van der Waals surface area contributed by atoms with Crippen LogP contribution in [0.25, 0.3) is 10.8 Å². The van der Waals surface area contributed by atoms with Crippen LogP contribution in [0.4, 0.5) is 0 Å². The Kier molecular flexibility index (Phi) is 4.22. The molecule has 0 amide bonds. The molecule has 0 saturated carbocycles. The molecule has 2 nitrogen and oxygen atoms in total. The zero-order valence-electron chi connectivity index (χ0n) is 10.3. The highest BCUT2D eigenvalue weighted by Gasteiger charge is 2.05. The standard InChI is InChI=1S/C16H17NO/c1-2-17-12-15(18)11-10-14-8-5-7-13-6-3-4-9-16(13)14/h1,3-9,15,17-18H,10-12H2. The molecule has 0 bridgehead atoms. The van der Waals surface area contributed by atoms with Crippen molar-refractivity contribution in [3.63, 3.8) is 0 Å². The van der Waals surface area contributed by atoms with Gasteiger partial charge in [-0.25, -0.2) is 0 Å². The monoisotopic (exact) mass is 239 g/mol. The lowest BCUT2D eigenvalue weighted by atomic mass is 9.99. The maximum absolute atomic E-state index is 9.76. The maximum atomic E-state index is 9.76. The molecule has 0 aliphatic heterocycles. The molecule has 0 fully saturated rings. The van der Waals surface area contributed by atoms with E-state index in [0.717, 1.165) is 6.42 Å². The fraction of sp³-hybridized carbons (Fsp3) is 0.250. The molecule has 2 N–H and O–H groups in total. The van der Waals surface area contributed by atoms with Crippen molar-refractivity contribution in [3.05, 3.63) is 48.0 Å². The van der Waals surface area contributed by atoms with Gasteiger partial charge in [0.15, 0.2) is 0 Å². The van der Waals surface area contributed by atoms with Gasteiger partial charge < -0.3 is 10.4 Å². The van der Waals surface area contributed by atoms with Crippen LogP contribution >= 0.6 is 0 Å². The number of fused-ring (bicyclic) bond motifs is 1. The Morgan fingerprint density at radius 2 is 1.94 bits per heavy atom. The summed E-state index contributed by atoms with van der Waals surface area (Å²) in [5.74, 6) is 0. The summed E-state index contributed by atoms with van der Waals surface area (Å²) in [6.45, 7) is 0.446. The molecular formula is C16H17NO. The Balaban J connectivity index is 2.06. The highest BCUT2D eigenvalue weighted by molar-refractivity contribution is 5.85. The second-order valence-corrected chi connectivity index (χ2v) is 4.36. The van der Waals surface area contributed by atoms with Crippen molar-refractivity contribution in [2.45, 2.75) is 18.9 Å². The van der Waals surface area contributed by atoms with Crippen LogP contribution < -0.4 is 5.32 Å². The van der Waals surface area contributed by atoms with E-state index >= 15 is 0 Å². The molecule has 0 spiro atoms. The summed E-state index contributed by atoms with van der Waals surface area (Å²) in [6.07, 6.45) is 6.25. The molecule has 2 aromatic rings. The van der Waals surface area contributed by atoms with E-state index in [0.29, 0.717) is 13.0 Å². The molecule has 1 unspecified atom stereocenters. The molecule has 2 rings (SSSR count). The van der Waals surface area contributed by atoms with Gasteiger partial charge in [-0.2, -0.15) is 0 Å². The minimum absolute atomic E-state index is 0.403. The molecule has 92 valence electrons. The van der Waals surface area contributed by atoms with Gasteiger partial charge in [0.1, 0.15) is 0 Å². The number of terminal acetylenes is 1. The van der Waals surface area contributed by atoms with Crippen molar-refractivity contribution in [1.29, 1.82) is 0 Å². The fourth-order valence-electron chi connectivity index (χ4n) is 2.11. The highest BCUT2D eigenvalue weighted by atomic mass is 16.3. The van der Waals surface area contributed by atoms with Gasteiger partial charge in [-0.15, -0.1) is 0 Å². The largest absolute Gasteiger partial charge is 0.391 e. The van der Waals surface area contributed by atoms with Gasteiger partial charge in [0.2, 0.25) is 0 Å². The molecule has 0 aliphatic rings. The number of aliphatic hydroxyl groups excluding tert-OH is 1. The van der Waals surface area contributed by atoms with Crippen LogP contribution in [0.15, 0.2) is 42.5 Å². The molecule has 18 heavy (non-hydrogen) atoms. The molecule has 0 saturated heterocycles. The Hall–Kier alpha value is -1.98. The molecular weight excluding hydrogens is 222 g/mol. The van der Waals surface area contributed by atoms with E-state index in [1.54, 1.807) is 0 Å². The molecule has 1 atom stereocenters. The maximum Gasteiger partial charge on any atom is 0.0722 e. The zero-order valence-corrected chi connectivity index (χ0v) is 10.3. The SMILES string of the molecule is C#CNCC(O)CCc1cccc2ccccc12. The summed E-state index contributed by atoms with van der Waals surface area (Å²) in [6, 6.07) is 16.9. The summed E-state index contributed by atoms with van der Waals surface area (Å²) in [5, 5.41) is 15.0. The van der Waals surface area contributed by atoms with Crippen LogP contribution in [-0.2, 0) is 6.42 Å². The van der Waals surface area contributed by atoms with E-state index < -0.39 is 6.10 Å². The van der Waals surface area contributed by atoms with Crippen LogP contribution in [0.3, 0.4) is 0 Å². The second kappa shape index (κ2) is 6.09. The smallest absolute Gasteiger partial charge is 0.0722 e. The average molecular weight is 239 g/mol. The summed E-state index contributed by atoms with van der Waals surface area (Å²) < 4.78 is 0. The van der Waals surface area contributed by atoms with Crippen LogP contribution in [0.2, 0.25) is 0 Å². The minimum atomic E-state index is -0.403. The quantitative estimate of drug-likeness (QED) is 0.620. The van der Waals surface area contributed by atoms with E-state index in [2.05, 4.69) is 41.7 Å². The first-order chi connectivity index (χ1) is 8.81. The number of hydrogen-bond donors (Lipinski definition) is 2. The predicted octanol–water partition coefficient (Wildman–Crippen LogP) is 2.31. The van der Waals surface area contributed by atoms with Crippen LogP contribution in [-0.4, -0.2) is 17.8 Å². The van der Waals surface area contributed by atoms with E-state index in [1.807, 2.05) is 12.1 Å². The summed E-state index contributed by atoms with van der Waals surface area (Å²) >= 11 is 0. The van der Waals surface area contributed by atoms with Gasteiger partial charge in [-0.3, -0.25) is 0 Å². The lowest BCUT2D eigenvalue weighted by Crippen LogP contribution is -2.23. The van der Waals surface area contributed by atoms with Gasteiger partial charge >= 0.3 is 0 Å². The van der Waals surface area contributed by atoms with E-state index in [1.165, 1.54) is 16.3 Å². The van der Waals surface area contributed by atoms with Crippen LogP contribution in [0, 0.1) is 12.5 Å². The molecule has 0 aromatic heterocycles. The first-order valence-electron chi connectivity index (χ1n) is 6.14. The van der Waals surface area contributed by atoms with Crippen molar-refractivity contribution < 1.29 is 5.11 Å². The number of nitrogens with one attached hydrogen (secondary N) is 1. The second-order valence-electron chi connectivity index (χ2n) is 4.36. The Bertz CT molecular complexity index is 551. The first-order valence-corrected chi connectivity index (χ1v) is 6.14. The third-order valence-electron chi connectivity index (χ3n) is 3.07. The van der Waals surface area contributed by atoms with E-state index in [9.17, 15) is 5.11 Å². The summed E-state index contributed by atoms with van der Waals surface area (Å²) in [7, 11) is 0. The van der Waals surface area contributed by atoms with Crippen LogP contribution in [0.5, 0.6) is 0 Å². The predicted molar refractivity (Wildman–Crippen MR) is 75.1 cm³/mol. The van der Waals surface area contributed by atoms with E-state index in [4.69, 9.17) is 6.42 Å². The number of aryl methyl sites for hydroxylation is 1. The lowest BCUT2D eigenvalue weighted by molar-refractivity contribution is 0.167. The van der Waals surface area contributed by atoms with Crippen LogP contribution in [0.1, 0.15) is 12.0 Å². The molecule has 0 aliphatic carbocycles. The fourth-order valence-corrected chi connectivity index (χ4v) is 2.11. The van der Waals surface area contributed by atoms with Gasteiger partial charge in [0, 0.05) is 12.6 Å². The summed E-state index contributed by atoms with van der Waals surface area (Å²) in [4.78, 5) is 0. The highest BCUT2D eigenvalue weighted by Crippen LogP contribution is 2.20. The van der Waals surface area contributed by atoms with Gasteiger partial charge in [0.05, 0.1) is 6.10 Å². The Morgan fingerprint density at radius 1 is 1.17 bits per heavy atom. The molecule has 0 radical (unpaired) electrons. The van der Waals surface area contributed by atoms with E-state index in [-0.39, 0.29) is 0 Å². The van der Waals surface area contributed by atoms with Gasteiger partial charge in [-0.1, -0.05) is 48.9 Å². The number of benzene rings is 2. The number of rotatable bonds is 5. The normalized spacial score (nSPS) is 12.0. The molecule has 2 aromatic carbocycles. The molecule has 0 heterocycles. The van der Waals surface area contributed by atoms with Gasteiger partial charge in [0.25, 0.3) is 0 Å². The third-order valence-corrected chi connectivity index (χ3v) is 3.07. The van der Waals surface area contributed by atoms with Crippen molar-refractivity contribution >= 4 is 10.8 Å². The number of aliphatic hydroxyl groups is 1. The topological polar surface area (TPSA) is 32.3 Å².